The number of rotatable bonds is 6. The van der Waals surface area contributed by atoms with Crippen molar-refractivity contribution in [2.24, 2.45) is 0 Å². The van der Waals surface area contributed by atoms with Crippen LogP contribution in [0.25, 0.3) is 0 Å². The van der Waals surface area contributed by atoms with E-state index in [0.717, 1.165) is 0 Å². The van der Waals surface area contributed by atoms with Gasteiger partial charge in [-0.2, -0.15) is 13.2 Å². The minimum absolute atomic E-state index is 0.0424. The van der Waals surface area contributed by atoms with Crippen molar-refractivity contribution in [2.45, 2.75) is 13.1 Å². The number of alkyl halides is 3. The molecule has 0 fully saturated rings. The number of amides is 2. The second-order valence-corrected chi connectivity index (χ2v) is 4.19. The molecule has 21 heavy (non-hydrogen) atoms. The van der Waals surface area contributed by atoms with Gasteiger partial charge in [0.25, 0.3) is 5.91 Å². The first-order valence-corrected chi connectivity index (χ1v) is 6.08. The summed E-state index contributed by atoms with van der Waals surface area (Å²) in [6.45, 7) is -0.290. The lowest BCUT2D eigenvalue weighted by Crippen LogP contribution is -2.28. The van der Waals surface area contributed by atoms with Crippen LogP contribution in [0.1, 0.15) is 17.3 Å². The van der Waals surface area contributed by atoms with Gasteiger partial charge in [0.2, 0.25) is 5.91 Å². The smallest absolute Gasteiger partial charge is 0.370 e. The second-order valence-electron chi connectivity index (χ2n) is 4.19. The van der Waals surface area contributed by atoms with E-state index < -0.39 is 18.7 Å². The van der Waals surface area contributed by atoms with Crippen LogP contribution >= 0.6 is 0 Å². The van der Waals surface area contributed by atoms with Crippen LogP contribution < -0.4 is 10.6 Å². The van der Waals surface area contributed by atoms with Crippen LogP contribution in [0.15, 0.2) is 24.3 Å². The lowest BCUT2D eigenvalue weighted by Gasteiger charge is -2.09. The van der Waals surface area contributed by atoms with Gasteiger partial charge in [-0.15, -0.1) is 0 Å². The van der Waals surface area contributed by atoms with Gasteiger partial charge in [0.05, 0.1) is 6.61 Å². The molecule has 0 aromatic heterocycles. The van der Waals surface area contributed by atoms with E-state index in [9.17, 15) is 22.8 Å². The highest BCUT2D eigenvalue weighted by Crippen LogP contribution is 2.14. The number of benzene rings is 1. The Hall–Kier alpha value is -2.09. The van der Waals surface area contributed by atoms with Gasteiger partial charge in [0.1, 0.15) is 6.61 Å². The van der Waals surface area contributed by atoms with Crippen molar-refractivity contribution in [1.29, 1.82) is 0 Å². The number of halogens is 3. The summed E-state index contributed by atoms with van der Waals surface area (Å²) in [6.07, 6.45) is -4.38. The lowest BCUT2D eigenvalue weighted by atomic mass is 10.2. The number of anilines is 1. The molecule has 2 N–H and O–H groups in total. The van der Waals surface area contributed by atoms with E-state index in [0.29, 0.717) is 5.69 Å². The van der Waals surface area contributed by atoms with E-state index in [1.165, 1.54) is 19.1 Å². The average Bonchev–Trinajstić information content (AvgIpc) is 2.36. The lowest BCUT2D eigenvalue weighted by molar-refractivity contribution is -0.173. The molecule has 0 saturated carbocycles. The first-order valence-electron chi connectivity index (χ1n) is 6.08. The molecular formula is C13H15F3N2O3. The van der Waals surface area contributed by atoms with E-state index in [1.807, 2.05) is 0 Å². The van der Waals surface area contributed by atoms with Crippen LogP contribution in [0.5, 0.6) is 0 Å². The monoisotopic (exact) mass is 304 g/mol. The fourth-order valence-corrected chi connectivity index (χ4v) is 1.47. The molecule has 0 aliphatic heterocycles. The van der Waals surface area contributed by atoms with E-state index in [-0.39, 0.29) is 24.6 Å². The highest BCUT2D eigenvalue weighted by molar-refractivity contribution is 5.96. The Labute approximate surface area is 119 Å². The molecule has 8 heteroatoms. The van der Waals surface area contributed by atoms with Crippen molar-refractivity contribution in [2.75, 3.05) is 25.1 Å². The van der Waals surface area contributed by atoms with Crippen LogP contribution in [-0.4, -0.2) is 37.7 Å². The molecule has 0 aliphatic rings. The summed E-state index contributed by atoms with van der Waals surface area (Å²) in [5, 5.41) is 4.95. The Morgan fingerprint density at radius 3 is 2.62 bits per heavy atom. The molecule has 0 aliphatic carbocycles. The fourth-order valence-electron chi connectivity index (χ4n) is 1.47. The summed E-state index contributed by atoms with van der Waals surface area (Å²) in [5.41, 5.74) is 0.751. The SMILES string of the molecule is CC(=O)Nc1cccc(C(=O)NCCOCC(F)(F)F)c1. The van der Waals surface area contributed by atoms with Crippen molar-refractivity contribution in [1.82, 2.24) is 5.32 Å². The summed E-state index contributed by atoms with van der Waals surface area (Å²) in [5.74, 6) is -0.731. The molecule has 1 aromatic rings. The third kappa shape index (κ3) is 7.31. The van der Waals surface area contributed by atoms with Crippen LogP contribution in [0.2, 0.25) is 0 Å². The minimum Gasteiger partial charge on any atom is -0.370 e. The first-order chi connectivity index (χ1) is 9.78. The van der Waals surface area contributed by atoms with Crippen LogP contribution in [-0.2, 0) is 9.53 Å². The Balaban J connectivity index is 2.40. The summed E-state index contributed by atoms with van der Waals surface area (Å²) < 4.78 is 39.8. The van der Waals surface area contributed by atoms with Gasteiger partial charge >= 0.3 is 6.18 Å². The Morgan fingerprint density at radius 2 is 2.00 bits per heavy atom. The van der Waals surface area contributed by atoms with E-state index in [1.54, 1.807) is 12.1 Å². The predicted octanol–water partition coefficient (Wildman–Crippen LogP) is 1.95. The van der Waals surface area contributed by atoms with E-state index >= 15 is 0 Å². The molecule has 0 radical (unpaired) electrons. The molecule has 0 saturated heterocycles. The maximum Gasteiger partial charge on any atom is 0.411 e. The largest absolute Gasteiger partial charge is 0.411 e. The third-order valence-corrected chi connectivity index (χ3v) is 2.24. The molecule has 0 atom stereocenters. The first kappa shape index (κ1) is 17.0. The number of hydrogen-bond donors (Lipinski definition) is 2. The standard InChI is InChI=1S/C13H15F3N2O3/c1-9(19)18-11-4-2-3-10(7-11)12(20)17-5-6-21-8-13(14,15)16/h2-4,7H,5-6,8H2,1H3,(H,17,20)(H,18,19). The van der Waals surface area contributed by atoms with Crippen LogP contribution in [0.4, 0.5) is 18.9 Å². The molecule has 116 valence electrons. The maximum atomic E-state index is 11.8. The number of ether oxygens (including phenoxy) is 1. The van der Waals surface area contributed by atoms with Crippen molar-refractivity contribution in [3.8, 4) is 0 Å². The van der Waals surface area contributed by atoms with Gasteiger partial charge in [-0.25, -0.2) is 0 Å². The van der Waals surface area contributed by atoms with Crippen molar-refractivity contribution >= 4 is 17.5 Å². The summed E-state index contributed by atoms with van der Waals surface area (Å²) >= 11 is 0. The van der Waals surface area contributed by atoms with Crippen molar-refractivity contribution in [3.63, 3.8) is 0 Å². The van der Waals surface area contributed by atoms with Gasteiger partial charge in [0.15, 0.2) is 0 Å². The van der Waals surface area contributed by atoms with Gasteiger partial charge in [0, 0.05) is 24.7 Å². The molecule has 1 aromatic carbocycles. The molecule has 0 heterocycles. The summed E-state index contributed by atoms with van der Waals surface area (Å²) in [7, 11) is 0. The van der Waals surface area contributed by atoms with Crippen LogP contribution in [0, 0.1) is 0 Å². The van der Waals surface area contributed by atoms with Crippen LogP contribution in [0.3, 0.4) is 0 Å². The quantitative estimate of drug-likeness (QED) is 0.789. The van der Waals surface area contributed by atoms with Gasteiger partial charge in [-0.3, -0.25) is 9.59 Å². The van der Waals surface area contributed by atoms with Crippen molar-refractivity contribution < 1.29 is 27.5 Å². The molecule has 5 nitrogen and oxygen atoms in total. The van der Waals surface area contributed by atoms with Gasteiger partial charge < -0.3 is 15.4 Å². The zero-order chi connectivity index (χ0) is 15.9. The molecule has 2 amide bonds. The van der Waals surface area contributed by atoms with Gasteiger partial charge in [-0.1, -0.05) is 6.07 Å². The summed E-state index contributed by atoms with van der Waals surface area (Å²) in [4.78, 5) is 22.6. The molecular weight excluding hydrogens is 289 g/mol. The zero-order valence-electron chi connectivity index (χ0n) is 11.3. The number of nitrogens with one attached hydrogen (secondary N) is 2. The number of hydrogen-bond acceptors (Lipinski definition) is 3. The van der Waals surface area contributed by atoms with E-state index in [4.69, 9.17) is 0 Å². The highest BCUT2D eigenvalue weighted by Gasteiger charge is 2.27. The maximum absolute atomic E-state index is 11.8. The Kier molecular flexibility index (Phi) is 6.16. The highest BCUT2D eigenvalue weighted by atomic mass is 19.4. The zero-order valence-corrected chi connectivity index (χ0v) is 11.3. The van der Waals surface area contributed by atoms with Gasteiger partial charge in [-0.05, 0) is 18.2 Å². The topological polar surface area (TPSA) is 67.4 Å². The number of carbonyl (C=O) groups excluding carboxylic acids is 2. The summed E-state index contributed by atoms with van der Waals surface area (Å²) in [6, 6.07) is 6.19. The molecule has 0 spiro atoms. The number of carbonyl (C=O) groups is 2. The average molecular weight is 304 g/mol. The molecule has 0 unspecified atom stereocenters. The fraction of sp³-hybridized carbons (Fsp3) is 0.385. The minimum atomic E-state index is -4.38. The predicted molar refractivity (Wildman–Crippen MR) is 70.0 cm³/mol. The second kappa shape index (κ2) is 7.63. The Bertz CT molecular complexity index is 504. The van der Waals surface area contributed by atoms with Crippen molar-refractivity contribution in [3.05, 3.63) is 29.8 Å². The molecule has 0 bridgehead atoms. The molecule has 1 rings (SSSR count). The normalized spacial score (nSPS) is 11.0. The van der Waals surface area contributed by atoms with E-state index in [2.05, 4.69) is 15.4 Å². The third-order valence-electron chi connectivity index (χ3n) is 2.24. The Morgan fingerprint density at radius 1 is 1.29 bits per heavy atom.